The standard InChI is InChI=1S/C18H17NO3S/c1-13(12-23)18(20)22-16-7-6-14-4-2-3-5-15(14)17(16)19-8-10-21-11-9-19/h2-7,12H,1,8-11H2. The first kappa shape index (κ1) is 15.6. The monoisotopic (exact) mass is 327 g/mol. The van der Waals surface area contributed by atoms with Crippen LogP contribution in [0.5, 0.6) is 5.75 Å². The van der Waals surface area contributed by atoms with Gasteiger partial charge in [0.05, 0.1) is 24.5 Å². The molecule has 0 aromatic heterocycles. The van der Waals surface area contributed by atoms with Gasteiger partial charge in [-0.3, -0.25) is 0 Å². The Morgan fingerprint density at radius 2 is 1.96 bits per heavy atom. The Bertz CT molecular complexity index is 766. The molecule has 0 unspecified atom stereocenters. The lowest BCUT2D eigenvalue weighted by Gasteiger charge is -2.31. The number of hydrogen-bond acceptors (Lipinski definition) is 5. The summed E-state index contributed by atoms with van der Waals surface area (Å²) in [5, 5.41) is 3.38. The maximum atomic E-state index is 12.1. The highest BCUT2D eigenvalue weighted by Gasteiger charge is 2.20. The van der Waals surface area contributed by atoms with Crippen molar-refractivity contribution in [3.8, 4) is 5.75 Å². The number of morpholine rings is 1. The number of carbonyl (C=O) groups is 1. The maximum absolute atomic E-state index is 12.1. The summed E-state index contributed by atoms with van der Waals surface area (Å²) < 4.78 is 11.0. The normalized spacial score (nSPS) is 14.5. The molecule has 0 aliphatic carbocycles. The van der Waals surface area contributed by atoms with Gasteiger partial charge in [0.25, 0.3) is 0 Å². The Morgan fingerprint density at radius 1 is 1.22 bits per heavy atom. The summed E-state index contributed by atoms with van der Waals surface area (Å²) in [6.07, 6.45) is 0. The van der Waals surface area contributed by atoms with Crippen LogP contribution in [0.15, 0.2) is 48.6 Å². The van der Waals surface area contributed by atoms with E-state index in [0.717, 1.165) is 29.5 Å². The minimum atomic E-state index is -0.523. The molecule has 23 heavy (non-hydrogen) atoms. The highest BCUT2D eigenvalue weighted by Crippen LogP contribution is 2.37. The number of nitrogens with zero attached hydrogens (tertiary/aromatic N) is 1. The summed E-state index contributed by atoms with van der Waals surface area (Å²) in [7, 11) is 0. The molecule has 2 aromatic carbocycles. The molecule has 0 atom stereocenters. The topological polar surface area (TPSA) is 38.8 Å². The van der Waals surface area contributed by atoms with Crippen LogP contribution in [0.2, 0.25) is 0 Å². The second-order valence-corrected chi connectivity index (χ2v) is 5.50. The van der Waals surface area contributed by atoms with E-state index in [1.807, 2.05) is 36.4 Å². The van der Waals surface area contributed by atoms with Crippen LogP contribution >= 0.6 is 12.2 Å². The second kappa shape index (κ2) is 6.89. The molecular weight excluding hydrogens is 310 g/mol. The van der Waals surface area contributed by atoms with Gasteiger partial charge in [0.2, 0.25) is 0 Å². The molecule has 1 aliphatic rings. The van der Waals surface area contributed by atoms with Gasteiger partial charge < -0.3 is 14.4 Å². The minimum Gasteiger partial charge on any atom is -0.421 e. The molecule has 1 heterocycles. The van der Waals surface area contributed by atoms with E-state index in [-0.39, 0.29) is 5.57 Å². The van der Waals surface area contributed by atoms with Gasteiger partial charge in [-0.1, -0.05) is 49.1 Å². The van der Waals surface area contributed by atoms with Crippen LogP contribution in [-0.2, 0) is 9.53 Å². The molecule has 0 saturated carbocycles. The molecule has 1 aliphatic heterocycles. The quantitative estimate of drug-likeness (QED) is 0.373. The summed E-state index contributed by atoms with van der Waals surface area (Å²) >= 11 is 4.75. The van der Waals surface area contributed by atoms with Crippen LogP contribution in [0, 0.1) is 0 Å². The molecule has 0 bridgehead atoms. The summed E-state index contributed by atoms with van der Waals surface area (Å²) in [6, 6.07) is 11.8. The van der Waals surface area contributed by atoms with Crippen LogP contribution < -0.4 is 9.64 Å². The van der Waals surface area contributed by atoms with Crippen molar-refractivity contribution >= 4 is 40.0 Å². The maximum Gasteiger partial charge on any atom is 0.343 e. The van der Waals surface area contributed by atoms with Crippen molar-refractivity contribution in [1.29, 1.82) is 0 Å². The Kier molecular flexibility index (Phi) is 4.69. The van der Waals surface area contributed by atoms with E-state index in [9.17, 15) is 4.79 Å². The largest absolute Gasteiger partial charge is 0.421 e. The smallest absolute Gasteiger partial charge is 0.343 e. The molecule has 0 amide bonds. The van der Waals surface area contributed by atoms with Gasteiger partial charge in [-0.15, -0.1) is 0 Å². The molecule has 0 N–H and O–H groups in total. The zero-order valence-corrected chi connectivity index (χ0v) is 13.5. The highest BCUT2D eigenvalue weighted by atomic mass is 32.1. The molecule has 0 spiro atoms. The van der Waals surface area contributed by atoms with Gasteiger partial charge in [-0.2, -0.15) is 0 Å². The van der Waals surface area contributed by atoms with Crippen molar-refractivity contribution in [2.24, 2.45) is 0 Å². The number of benzene rings is 2. The number of esters is 1. The third-order valence-corrected chi connectivity index (χ3v) is 4.08. The van der Waals surface area contributed by atoms with Crippen molar-refractivity contribution in [3.63, 3.8) is 0 Å². The molecule has 118 valence electrons. The van der Waals surface area contributed by atoms with Gasteiger partial charge in [0.1, 0.15) is 0 Å². The summed E-state index contributed by atoms with van der Waals surface area (Å²) in [4.78, 5) is 14.2. The van der Waals surface area contributed by atoms with Crippen molar-refractivity contribution in [3.05, 3.63) is 48.6 Å². The summed E-state index contributed by atoms with van der Waals surface area (Å²) in [5.41, 5.74) is 1.08. The molecule has 0 radical (unpaired) electrons. The fourth-order valence-electron chi connectivity index (χ4n) is 2.64. The Balaban J connectivity index is 2.07. The molecular formula is C18H17NO3S. The SMILES string of the molecule is C=C(C=S)C(=O)Oc1ccc2ccccc2c1N1CCOCC1. The number of rotatable bonds is 4. The first-order valence-electron chi connectivity index (χ1n) is 7.41. The lowest BCUT2D eigenvalue weighted by atomic mass is 10.1. The van der Waals surface area contributed by atoms with Crippen LogP contribution in [0.25, 0.3) is 10.8 Å². The van der Waals surface area contributed by atoms with Gasteiger partial charge in [-0.05, 0) is 11.5 Å². The van der Waals surface area contributed by atoms with Gasteiger partial charge in [-0.25, -0.2) is 4.79 Å². The van der Waals surface area contributed by atoms with E-state index < -0.39 is 5.97 Å². The number of hydrogen-bond donors (Lipinski definition) is 0. The van der Waals surface area contributed by atoms with Crippen molar-refractivity contribution in [2.75, 3.05) is 31.2 Å². The van der Waals surface area contributed by atoms with Gasteiger partial charge >= 0.3 is 5.97 Å². The van der Waals surface area contributed by atoms with Crippen molar-refractivity contribution in [2.45, 2.75) is 0 Å². The van der Waals surface area contributed by atoms with Crippen molar-refractivity contribution < 1.29 is 14.3 Å². The predicted octanol–water partition coefficient (Wildman–Crippen LogP) is 3.14. The number of carbonyl (C=O) groups excluding carboxylic acids is 1. The van der Waals surface area contributed by atoms with Crippen LogP contribution in [0.4, 0.5) is 5.69 Å². The predicted molar refractivity (Wildman–Crippen MR) is 95.4 cm³/mol. The van der Waals surface area contributed by atoms with Crippen LogP contribution in [0.3, 0.4) is 0 Å². The third-order valence-electron chi connectivity index (χ3n) is 3.80. The Labute approximate surface area is 140 Å². The minimum absolute atomic E-state index is 0.168. The van der Waals surface area contributed by atoms with E-state index in [4.69, 9.17) is 21.7 Å². The average molecular weight is 327 g/mol. The van der Waals surface area contributed by atoms with E-state index in [1.54, 1.807) is 0 Å². The molecule has 2 aromatic rings. The fourth-order valence-corrected chi connectivity index (χ4v) is 2.74. The Morgan fingerprint density at radius 3 is 2.70 bits per heavy atom. The first-order valence-corrected chi connectivity index (χ1v) is 7.88. The molecule has 1 fully saturated rings. The number of fused-ring (bicyclic) bond motifs is 1. The molecule has 3 rings (SSSR count). The zero-order valence-electron chi connectivity index (χ0n) is 12.7. The zero-order chi connectivity index (χ0) is 16.2. The lowest BCUT2D eigenvalue weighted by molar-refractivity contribution is -0.129. The third kappa shape index (κ3) is 3.25. The molecule has 1 saturated heterocycles. The van der Waals surface area contributed by atoms with Crippen LogP contribution in [0.1, 0.15) is 0 Å². The van der Waals surface area contributed by atoms with E-state index >= 15 is 0 Å². The average Bonchev–Trinajstić information content (AvgIpc) is 2.61. The van der Waals surface area contributed by atoms with Crippen LogP contribution in [-0.4, -0.2) is 37.6 Å². The molecule has 5 heteroatoms. The van der Waals surface area contributed by atoms with E-state index in [0.29, 0.717) is 19.0 Å². The van der Waals surface area contributed by atoms with Gasteiger partial charge in [0.15, 0.2) is 5.75 Å². The number of thiocarbonyl (C=S) groups is 1. The number of ether oxygens (including phenoxy) is 2. The molecule has 4 nitrogen and oxygen atoms in total. The van der Waals surface area contributed by atoms with E-state index in [1.165, 1.54) is 5.37 Å². The van der Waals surface area contributed by atoms with Gasteiger partial charge in [0, 0.05) is 23.8 Å². The summed E-state index contributed by atoms with van der Waals surface area (Å²) in [6.45, 7) is 6.43. The second-order valence-electron chi connectivity index (χ2n) is 5.27. The summed E-state index contributed by atoms with van der Waals surface area (Å²) in [5.74, 6) is -0.00149. The van der Waals surface area contributed by atoms with Crippen molar-refractivity contribution in [1.82, 2.24) is 0 Å². The Hall–Kier alpha value is -2.24. The fraction of sp³-hybridized carbons (Fsp3) is 0.222. The number of anilines is 1. The highest BCUT2D eigenvalue weighted by molar-refractivity contribution is 7.79. The lowest BCUT2D eigenvalue weighted by Crippen LogP contribution is -2.36. The first-order chi connectivity index (χ1) is 11.2. The van der Waals surface area contributed by atoms with E-state index in [2.05, 4.69) is 11.5 Å².